The average molecular weight is 407 g/mol. The van der Waals surface area contributed by atoms with E-state index in [1.807, 2.05) is 11.8 Å². The SMILES string of the molecule is O=C(NCCSCc1ccsc1)C1CCN(C(=O)c2ccc(F)cc2)CC1. The molecule has 0 atom stereocenters. The summed E-state index contributed by atoms with van der Waals surface area (Å²) in [4.78, 5) is 26.5. The minimum absolute atomic E-state index is 0.0378. The van der Waals surface area contributed by atoms with Crippen molar-refractivity contribution in [3.8, 4) is 0 Å². The summed E-state index contributed by atoms with van der Waals surface area (Å²) in [6.07, 6.45) is 1.33. The monoisotopic (exact) mass is 406 g/mol. The summed E-state index contributed by atoms with van der Waals surface area (Å²) < 4.78 is 13.0. The van der Waals surface area contributed by atoms with E-state index in [2.05, 4.69) is 22.1 Å². The fourth-order valence-electron chi connectivity index (χ4n) is 3.08. The molecule has 0 bridgehead atoms. The first kappa shape index (κ1) is 19.9. The summed E-state index contributed by atoms with van der Waals surface area (Å²) >= 11 is 3.52. The molecule has 0 spiro atoms. The van der Waals surface area contributed by atoms with Gasteiger partial charge in [-0.3, -0.25) is 9.59 Å². The number of benzene rings is 1. The Morgan fingerprint density at radius 3 is 2.59 bits per heavy atom. The Kier molecular flexibility index (Phi) is 7.29. The van der Waals surface area contributed by atoms with E-state index in [1.54, 1.807) is 16.2 Å². The zero-order chi connectivity index (χ0) is 19.1. The molecule has 0 saturated carbocycles. The van der Waals surface area contributed by atoms with Gasteiger partial charge in [-0.25, -0.2) is 4.39 Å². The number of nitrogens with one attached hydrogen (secondary N) is 1. The lowest BCUT2D eigenvalue weighted by atomic mass is 9.95. The molecule has 1 fully saturated rings. The number of carbonyl (C=O) groups is 2. The molecule has 1 saturated heterocycles. The minimum Gasteiger partial charge on any atom is -0.355 e. The molecule has 2 aromatic rings. The lowest BCUT2D eigenvalue weighted by Gasteiger charge is -2.31. The van der Waals surface area contributed by atoms with Crippen molar-refractivity contribution in [2.24, 2.45) is 5.92 Å². The summed E-state index contributed by atoms with van der Waals surface area (Å²) in [7, 11) is 0. The molecule has 1 aliphatic heterocycles. The smallest absolute Gasteiger partial charge is 0.253 e. The van der Waals surface area contributed by atoms with Crippen molar-refractivity contribution in [1.82, 2.24) is 10.2 Å². The van der Waals surface area contributed by atoms with E-state index in [0.717, 1.165) is 11.5 Å². The largest absolute Gasteiger partial charge is 0.355 e. The number of piperidine rings is 1. The number of halogens is 1. The van der Waals surface area contributed by atoms with Gasteiger partial charge in [-0.2, -0.15) is 23.1 Å². The molecule has 27 heavy (non-hydrogen) atoms. The third-order valence-corrected chi connectivity index (χ3v) is 6.40. The van der Waals surface area contributed by atoms with E-state index in [9.17, 15) is 14.0 Å². The Balaban J connectivity index is 1.35. The molecule has 3 rings (SSSR count). The molecular formula is C20H23FN2O2S2. The van der Waals surface area contributed by atoms with Gasteiger partial charge < -0.3 is 10.2 Å². The highest BCUT2D eigenvalue weighted by molar-refractivity contribution is 7.98. The number of thiophene rings is 1. The number of hydrogen-bond donors (Lipinski definition) is 1. The number of rotatable bonds is 7. The molecule has 144 valence electrons. The lowest BCUT2D eigenvalue weighted by Crippen LogP contribution is -2.43. The van der Waals surface area contributed by atoms with Crippen molar-refractivity contribution in [3.63, 3.8) is 0 Å². The van der Waals surface area contributed by atoms with Crippen molar-refractivity contribution in [2.75, 3.05) is 25.4 Å². The van der Waals surface area contributed by atoms with Crippen molar-refractivity contribution in [1.29, 1.82) is 0 Å². The Morgan fingerprint density at radius 1 is 1.19 bits per heavy atom. The maximum absolute atomic E-state index is 13.0. The van der Waals surface area contributed by atoms with Crippen LogP contribution in [0, 0.1) is 11.7 Å². The van der Waals surface area contributed by atoms with Crippen molar-refractivity contribution in [3.05, 3.63) is 58.0 Å². The number of nitrogens with zero attached hydrogens (tertiary/aromatic N) is 1. The van der Waals surface area contributed by atoms with E-state index < -0.39 is 0 Å². The second-order valence-electron chi connectivity index (χ2n) is 6.55. The van der Waals surface area contributed by atoms with Crippen LogP contribution in [0.4, 0.5) is 4.39 Å². The van der Waals surface area contributed by atoms with Gasteiger partial charge in [0.1, 0.15) is 5.82 Å². The number of thioether (sulfide) groups is 1. The molecule has 1 aliphatic rings. The fraction of sp³-hybridized carbons (Fsp3) is 0.400. The molecule has 1 N–H and O–H groups in total. The zero-order valence-electron chi connectivity index (χ0n) is 15.0. The Labute approximate surface area is 167 Å². The van der Waals surface area contributed by atoms with Gasteiger partial charge in [0.05, 0.1) is 0 Å². The normalized spacial score (nSPS) is 14.9. The second-order valence-corrected chi connectivity index (χ2v) is 8.43. The average Bonchev–Trinajstić information content (AvgIpc) is 3.21. The first-order valence-corrected chi connectivity index (χ1v) is 11.1. The first-order chi connectivity index (χ1) is 13.1. The van der Waals surface area contributed by atoms with Crippen LogP contribution in [0.25, 0.3) is 0 Å². The van der Waals surface area contributed by atoms with Crippen LogP contribution in [0.15, 0.2) is 41.1 Å². The lowest BCUT2D eigenvalue weighted by molar-refractivity contribution is -0.126. The summed E-state index contributed by atoms with van der Waals surface area (Å²) in [5.41, 5.74) is 1.82. The number of hydrogen-bond acceptors (Lipinski definition) is 4. The zero-order valence-corrected chi connectivity index (χ0v) is 16.7. The molecule has 0 aliphatic carbocycles. The van der Waals surface area contributed by atoms with Gasteiger partial charge in [0.15, 0.2) is 0 Å². The summed E-state index contributed by atoms with van der Waals surface area (Å²) in [6.45, 7) is 1.78. The van der Waals surface area contributed by atoms with Gasteiger partial charge in [-0.1, -0.05) is 0 Å². The van der Waals surface area contributed by atoms with E-state index in [-0.39, 0.29) is 23.5 Å². The Morgan fingerprint density at radius 2 is 1.93 bits per heavy atom. The molecule has 1 aromatic carbocycles. The quantitative estimate of drug-likeness (QED) is 0.712. The molecule has 2 amide bonds. The molecule has 0 radical (unpaired) electrons. The summed E-state index contributed by atoms with van der Waals surface area (Å²) in [5.74, 6) is 1.46. The van der Waals surface area contributed by atoms with Crippen LogP contribution in [0.3, 0.4) is 0 Å². The molecule has 0 unspecified atom stereocenters. The van der Waals surface area contributed by atoms with E-state index in [4.69, 9.17) is 0 Å². The predicted octanol–water partition coefficient (Wildman–Crippen LogP) is 3.79. The molecule has 7 heteroatoms. The maximum atomic E-state index is 13.0. The van der Waals surface area contributed by atoms with E-state index >= 15 is 0 Å². The third kappa shape index (κ3) is 5.81. The summed E-state index contributed by atoms with van der Waals surface area (Å²) in [6, 6.07) is 7.72. The van der Waals surface area contributed by atoms with Crippen molar-refractivity contribution >= 4 is 34.9 Å². The van der Waals surface area contributed by atoms with Crippen LogP contribution in [-0.4, -0.2) is 42.1 Å². The van der Waals surface area contributed by atoms with Crippen LogP contribution < -0.4 is 5.32 Å². The third-order valence-electron chi connectivity index (χ3n) is 4.64. The van der Waals surface area contributed by atoms with Crippen molar-refractivity contribution in [2.45, 2.75) is 18.6 Å². The van der Waals surface area contributed by atoms with Crippen LogP contribution in [0.1, 0.15) is 28.8 Å². The highest BCUT2D eigenvalue weighted by Gasteiger charge is 2.27. The maximum Gasteiger partial charge on any atom is 0.253 e. The van der Waals surface area contributed by atoms with E-state index in [1.165, 1.54) is 29.8 Å². The highest BCUT2D eigenvalue weighted by Crippen LogP contribution is 2.20. The van der Waals surface area contributed by atoms with Gasteiger partial charge >= 0.3 is 0 Å². The van der Waals surface area contributed by atoms with Gasteiger partial charge in [0, 0.05) is 42.6 Å². The van der Waals surface area contributed by atoms with Crippen LogP contribution >= 0.6 is 23.1 Å². The van der Waals surface area contributed by atoms with Crippen molar-refractivity contribution < 1.29 is 14.0 Å². The fourth-order valence-corrected chi connectivity index (χ4v) is 4.66. The Bertz CT molecular complexity index is 742. The Hall–Kier alpha value is -1.86. The van der Waals surface area contributed by atoms with Gasteiger partial charge in [-0.05, 0) is 59.5 Å². The van der Waals surface area contributed by atoms with Crippen LogP contribution in [0.5, 0.6) is 0 Å². The van der Waals surface area contributed by atoms with Gasteiger partial charge in [-0.15, -0.1) is 0 Å². The highest BCUT2D eigenvalue weighted by atomic mass is 32.2. The van der Waals surface area contributed by atoms with Crippen LogP contribution in [-0.2, 0) is 10.5 Å². The minimum atomic E-state index is -0.351. The van der Waals surface area contributed by atoms with E-state index in [0.29, 0.717) is 38.0 Å². The molecule has 1 aromatic heterocycles. The summed E-state index contributed by atoms with van der Waals surface area (Å²) in [5, 5.41) is 7.23. The predicted molar refractivity (Wildman–Crippen MR) is 109 cm³/mol. The second kappa shape index (κ2) is 9.90. The van der Waals surface area contributed by atoms with Gasteiger partial charge in [0.2, 0.25) is 5.91 Å². The topological polar surface area (TPSA) is 49.4 Å². The molecule has 2 heterocycles. The number of amides is 2. The number of carbonyl (C=O) groups excluding carboxylic acids is 2. The molecular weight excluding hydrogens is 383 g/mol. The molecule has 4 nitrogen and oxygen atoms in total. The first-order valence-electron chi connectivity index (χ1n) is 9.05. The standard InChI is InChI=1S/C20H23FN2O2S2/c21-18-3-1-17(2-4-18)20(25)23-9-5-16(6-10-23)19(24)22-8-12-27-14-15-7-11-26-13-15/h1-4,7,11,13,16H,5-6,8-10,12,14H2,(H,22,24). The number of likely N-dealkylation sites (tertiary alicyclic amines) is 1. The van der Waals surface area contributed by atoms with Gasteiger partial charge in [0.25, 0.3) is 5.91 Å². The van der Waals surface area contributed by atoms with Crippen LogP contribution in [0.2, 0.25) is 0 Å².